The van der Waals surface area contributed by atoms with Crippen LogP contribution in [-0.4, -0.2) is 33.4 Å². The average Bonchev–Trinajstić information content (AvgIpc) is 3.14. The molecule has 0 aliphatic carbocycles. The van der Waals surface area contributed by atoms with Gasteiger partial charge in [0.05, 0.1) is 5.56 Å². The van der Waals surface area contributed by atoms with E-state index < -0.39 is 34.8 Å². The van der Waals surface area contributed by atoms with Crippen LogP contribution >= 0.6 is 11.6 Å². The number of fused-ring (bicyclic) bond motifs is 1. The summed E-state index contributed by atoms with van der Waals surface area (Å²) in [4.78, 5) is 29.4. The first-order chi connectivity index (χ1) is 14.2. The number of rotatable bonds is 3. The summed E-state index contributed by atoms with van der Waals surface area (Å²) in [7, 11) is 0. The molecule has 9 heteroatoms. The molecule has 1 aliphatic rings. The molecule has 1 amide bonds. The quantitative estimate of drug-likeness (QED) is 0.666. The standard InChI is InChI=1S/C21H17ClF3N3O2/c22-17-9-14(21(23,24)25)11-28(20(17)30)12-19(29)27-7-5-13(6-8-27)16-10-26-18-4-2-1-3-15(16)18/h1-5,9-11,26H,6-8,12H2. The summed E-state index contributed by atoms with van der Waals surface area (Å²) in [5, 5.41) is 0.520. The number of halogens is 4. The summed E-state index contributed by atoms with van der Waals surface area (Å²) in [5.74, 6) is -0.443. The van der Waals surface area contributed by atoms with Gasteiger partial charge in [-0.3, -0.25) is 9.59 Å². The van der Waals surface area contributed by atoms with Crippen molar-refractivity contribution >= 4 is 34.0 Å². The first kappa shape index (κ1) is 20.3. The zero-order valence-corrected chi connectivity index (χ0v) is 16.4. The van der Waals surface area contributed by atoms with Crippen molar-refractivity contribution in [1.29, 1.82) is 0 Å². The third-order valence-corrected chi connectivity index (χ3v) is 5.44. The Hall–Kier alpha value is -3.00. The van der Waals surface area contributed by atoms with Crippen LogP contribution in [0.1, 0.15) is 17.5 Å². The predicted molar refractivity (Wildman–Crippen MR) is 108 cm³/mol. The van der Waals surface area contributed by atoms with E-state index in [-0.39, 0.29) is 0 Å². The van der Waals surface area contributed by atoms with Crippen LogP contribution in [0.25, 0.3) is 16.5 Å². The van der Waals surface area contributed by atoms with E-state index in [1.165, 1.54) is 4.90 Å². The molecule has 4 rings (SSSR count). The third kappa shape index (κ3) is 3.87. The molecule has 0 saturated carbocycles. The topological polar surface area (TPSA) is 58.1 Å². The minimum atomic E-state index is -4.66. The molecule has 2 aromatic heterocycles. The third-order valence-electron chi connectivity index (χ3n) is 5.17. The highest BCUT2D eigenvalue weighted by Gasteiger charge is 2.32. The van der Waals surface area contributed by atoms with Gasteiger partial charge in [0, 0.05) is 41.9 Å². The van der Waals surface area contributed by atoms with E-state index in [0.29, 0.717) is 36.3 Å². The Labute approximate surface area is 174 Å². The normalized spacial score (nSPS) is 14.8. The number of hydrogen-bond donors (Lipinski definition) is 1. The summed E-state index contributed by atoms with van der Waals surface area (Å²) >= 11 is 5.65. The highest BCUT2D eigenvalue weighted by atomic mass is 35.5. The first-order valence-electron chi connectivity index (χ1n) is 9.24. The van der Waals surface area contributed by atoms with E-state index >= 15 is 0 Å². The van der Waals surface area contributed by atoms with Gasteiger partial charge in [-0.05, 0) is 24.1 Å². The number of para-hydroxylation sites is 1. The second-order valence-corrected chi connectivity index (χ2v) is 7.48. The van der Waals surface area contributed by atoms with Crippen LogP contribution in [0.15, 0.2) is 53.6 Å². The number of aromatic amines is 1. The Bertz CT molecular complexity index is 1210. The van der Waals surface area contributed by atoms with Crippen molar-refractivity contribution in [1.82, 2.24) is 14.5 Å². The Morgan fingerprint density at radius 1 is 1.23 bits per heavy atom. The molecule has 156 valence electrons. The fourth-order valence-electron chi connectivity index (χ4n) is 3.59. The molecule has 1 aromatic carbocycles. The fraction of sp³-hybridized carbons (Fsp3) is 0.238. The highest BCUT2D eigenvalue weighted by Crippen LogP contribution is 2.30. The van der Waals surface area contributed by atoms with Gasteiger partial charge in [-0.25, -0.2) is 0 Å². The molecule has 1 N–H and O–H groups in total. The monoisotopic (exact) mass is 435 g/mol. The number of H-pyrrole nitrogens is 1. The summed E-state index contributed by atoms with van der Waals surface area (Å²) < 4.78 is 39.7. The number of benzene rings is 1. The number of nitrogens with zero attached hydrogens (tertiary/aromatic N) is 2. The van der Waals surface area contributed by atoms with Crippen LogP contribution in [0.3, 0.4) is 0 Å². The van der Waals surface area contributed by atoms with Crippen molar-refractivity contribution in [3.63, 3.8) is 0 Å². The molecular weight excluding hydrogens is 419 g/mol. The second-order valence-electron chi connectivity index (χ2n) is 7.07. The van der Waals surface area contributed by atoms with E-state index in [4.69, 9.17) is 11.6 Å². The van der Waals surface area contributed by atoms with E-state index in [1.807, 2.05) is 36.5 Å². The lowest BCUT2D eigenvalue weighted by Gasteiger charge is -2.27. The van der Waals surface area contributed by atoms with Gasteiger partial charge in [0.1, 0.15) is 11.6 Å². The van der Waals surface area contributed by atoms with E-state index in [0.717, 1.165) is 22.0 Å². The van der Waals surface area contributed by atoms with Gasteiger partial charge in [0.15, 0.2) is 0 Å². The Morgan fingerprint density at radius 3 is 2.70 bits per heavy atom. The number of aromatic nitrogens is 2. The molecule has 3 heterocycles. The van der Waals surface area contributed by atoms with Crippen molar-refractivity contribution in [2.75, 3.05) is 13.1 Å². The van der Waals surface area contributed by atoms with Crippen LogP contribution < -0.4 is 5.56 Å². The minimum Gasteiger partial charge on any atom is -0.361 e. The van der Waals surface area contributed by atoms with Gasteiger partial charge in [-0.2, -0.15) is 13.2 Å². The smallest absolute Gasteiger partial charge is 0.361 e. The lowest BCUT2D eigenvalue weighted by atomic mass is 9.99. The maximum atomic E-state index is 13.0. The van der Waals surface area contributed by atoms with Crippen LogP contribution in [0.4, 0.5) is 13.2 Å². The lowest BCUT2D eigenvalue weighted by molar-refractivity contribution is -0.138. The van der Waals surface area contributed by atoms with Crippen LogP contribution in [0.5, 0.6) is 0 Å². The molecule has 1 aliphatic heterocycles. The van der Waals surface area contributed by atoms with Crippen molar-refractivity contribution < 1.29 is 18.0 Å². The Kier molecular flexibility index (Phi) is 5.19. The van der Waals surface area contributed by atoms with Crippen molar-refractivity contribution in [3.8, 4) is 0 Å². The summed E-state index contributed by atoms with van der Waals surface area (Å²) in [6.07, 6.45) is 0.427. The highest BCUT2D eigenvalue weighted by molar-refractivity contribution is 6.30. The number of hydrogen-bond acceptors (Lipinski definition) is 2. The summed E-state index contributed by atoms with van der Waals surface area (Å²) in [6, 6.07) is 8.47. The molecule has 0 saturated heterocycles. The molecule has 30 heavy (non-hydrogen) atoms. The van der Waals surface area contributed by atoms with E-state index in [1.54, 1.807) is 0 Å². The van der Waals surface area contributed by atoms with Crippen LogP contribution in [0.2, 0.25) is 5.02 Å². The molecule has 0 spiro atoms. The second kappa shape index (κ2) is 7.68. The largest absolute Gasteiger partial charge is 0.417 e. The number of amides is 1. The van der Waals surface area contributed by atoms with Crippen molar-refractivity contribution in [3.05, 3.63) is 75.3 Å². The number of carbonyl (C=O) groups is 1. The van der Waals surface area contributed by atoms with E-state index in [2.05, 4.69) is 4.98 Å². The van der Waals surface area contributed by atoms with Gasteiger partial charge in [-0.15, -0.1) is 0 Å². The minimum absolute atomic E-state index is 0.315. The van der Waals surface area contributed by atoms with Crippen LogP contribution in [-0.2, 0) is 17.5 Å². The molecule has 3 aromatic rings. The zero-order valence-electron chi connectivity index (χ0n) is 15.7. The number of carbonyl (C=O) groups excluding carboxylic acids is 1. The van der Waals surface area contributed by atoms with Gasteiger partial charge >= 0.3 is 6.18 Å². The number of pyridine rings is 1. The van der Waals surface area contributed by atoms with Gasteiger partial charge in [0.2, 0.25) is 5.91 Å². The predicted octanol–water partition coefficient (Wildman–Crippen LogP) is 4.32. The van der Waals surface area contributed by atoms with E-state index in [9.17, 15) is 22.8 Å². The summed E-state index contributed by atoms with van der Waals surface area (Å²) in [6.45, 7) is 0.222. The Morgan fingerprint density at radius 2 is 2.00 bits per heavy atom. The average molecular weight is 436 g/mol. The molecule has 0 radical (unpaired) electrons. The van der Waals surface area contributed by atoms with Gasteiger partial charge < -0.3 is 14.5 Å². The van der Waals surface area contributed by atoms with Crippen LogP contribution in [0, 0.1) is 0 Å². The molecule has 0 atom stereocenters. The first-order valence-corrected chi connectivity index (χ1v) is 9.62. The molecule has 5 nitrogen and oxygen atoms in total. The van der Waals surface area contributed by atoms with Gasteiger partial charge in [0.25, 0.3) is 5.56 Å². The number of nitrogens with one attached hydrogen (secondary N) is 1. The maximum Gasteiger partial charge on any atom is 0.417 e. The maximum absolute atomic E-state index is 13.0. The molecule has 0 fully saturated rings. The fourth-order valence-corrected chi connectivity index (χ4v) is 3.82. The van der Waals surface area contributed by atoms with Crippen molar-refractivity contribution in [2.24, 2.45) is 0 Å². The molecule has 0 unspecified atom stereocenters. The molecular formula is C21H17ClF3N3O2. The Balaban J connectivity index is 1.51. The summed E-state index contributed by atoms with van der Waals surface area (Å²) in [5.41, 5.74) is 1.28. The lowest BCUT2D eigenvalue weighted by Crippen LogP contribution is -2.39. The van der Waals surface area contributed by atoms with Crippen molar-refractivity contribution in [2.45, 2.75) is 19.1 Å². The number of alkyl halides is 3. The SMILES string of the molecule is O=C(Cn1cc(C(F)(F)F)cc(Cl)c1=O)N1CC=C(c2c[nH]c3ccccc23)CC1. The van der Waals surface area contributed by atoms with Gasteiger partial charge in [-0.1, -0.05) is 35.9 Å². The molecule has 0 bridgehead atoms. The zero-order chi connectivity index (χ0) is 21.5.